The van der Waals surface area contributed by atoms with Gasteiger partial charge in [0.2, 0.25) is 0 Å². The summed E-state index contributed by atoms with van der Waals surface area (Å²) >= 11 is 5.57. The van der Waals surface area contributed by atoms with Gasteiger partial charge in [0.05, 0.1) is 10.6 Å². The minimum Gasteiger partial charge on any atom is -0.484 e. The Balaban J connectivity index is 1.66. The Morgan fingerprint density at radius 3 is 2.81 bits per heavy atom. The van der Waals surface area contributed by atoms with E-state index in [0.717, 1.165) is 6.07 Å². The monoisotopic (exact) mass is 377 g/mol. The van der Waals surface area contributed by atoms with Crippen LogP contribution >= 0.6 is 11.6 Å². The third-order valence-corrected chi connectivity index (χ3v) is 3.53. The summed E-state index contributed by atoms with van der Waals surface area (Å²) in [5.74, 6) is -1.12. The number of hydrogen-bond donors (Lipinski definition) is 2. The molecule has 2 rings (SSSR count). The fourth-order valence-corrected chi connectivity index (χ4v) is 2.03. The lowest BCUT2D eigenvalue weighted by Crippen LogP contribution is -2.31. The smallest absolute Gasteiger partial charge is 0.257 e. The quantitative estimate of drug-likeness (QED) is 0.741. The molecular weight excluding hydrogens is 361 g/mol. The highest BCUT2D eigenvalue weighted by Gasteiger charge is 2.08. The SMILES string of the molecule is C=C(CCNC(=O)COc1ccc(Cl)c(F)c1)NC(=O)c1cccnc1. The van der Waals surface area contributed by atoms with Crippen LogP contribution in [0.4, 0.5) is 4.39 Å². The van der Waals surface area contributed by atoms with Crippen molar-refractivity contribution in [3.63, 3.8) is 0 Å². The predicted molar refractivity (Wildman–Crippen MR) is 95.4 cm³/mol. The highest BCUT2D eigenvalue weighted by molar-refractivity contribution is 6.30. The summed E-state index contributed by atoms with van der Waals surface area (Å²) in [4.78, 5) is 27.5. The second kappa shape index (κ2) is 9.53. The maximum absolute atomic E-state index is 13.3. The van der Waals surface area contributed by atoms with Gasteiger partial charge in [-0.2, -0.15) is 0 Å². The predicted octanol–water partition coefficient (Wildman–Crippen LogP) is 2.70. The average Bonchev–Trinajstić information content (AvgIpc) is 2.63. The number of pyridine rings is 1. The van der Waals surface area contributed by atoms with Crippen LogP contribution < -0.4 is 15.4 Å². The van der Waals surface area contributed by atoms with Crippen LogP contribution in [0.2, 0.25) is 5.02 Å². The highest BCUT2D eigenvalue weighted by atomic mass is 35.5. The molecule has 2 aromatic rings. The van der Waals surface area contributed by atoms with E-state index in [-0.39, 0.29) is 35.7 Å². The molecule has 0 aliphatic carbocycles. The van der Waals surface area contributed by atoms with Crippen LogP contribution in [0.3, 0.4) is 0 Å². The Bertz CT molecular complexity index is 800. The van der Waals surface area contributed by atoms with E-state index in [1.54, 1.807) is 18.3 Å². The number of hydrogen-bond acceptors (Lipinski definition) is 4. The van der Waals surface area contributed by atoms with E-state index >= 15 is 0 Å². The first-order chi connectivity index (χ1) is 12.5. The zero-order valence-electron chi connectivity index (χ0n) is 13.8. The molecule has 6 nitrogen and oxygen atoms in total. The molecule has 1 aromatic carbocycles. The van der Waals surface area contributed by atoms with Gasteiger partial charge in [0.25, 0.3) is 11.8 Å². The fourth-order valence-electron chi connectivity index (χ4n) is 1.91. The molecule has 0 radical (unpaired) electrons. The number of carbonyl (C=O) groups is 2. The van der Waals surface area contributed by atoms with Crippen LogP contribution in [0.25, 0.3) is 0 Å². The van der Waals surface area contributed by atoms with Gasteiger partial charge in [-0.05, 0) is 24.3 Å². The number of nitrogens with zero attached hydrogens (tertiary/aromatic N) is 1. The van der Waals surface area contributed by atoms with Crippen molar-refractivity contribution in [2.75, 3.05) is 13.2 Å². The second-order valence-corrected chi connectivity index (χ2v) is 5.67. The Kier molecular flexibility index (Phi) is 7.11. The lowest BCUT2D eigenvalue weighted by molar-refractivity contribution is -0.123. The largest absolute Gasteiger partial charge is 0.484 e. The first-order valence-electron chi connectivity index (χ1n) is 7.69. The normalized spacial score (nSPS) is 10.1. The van der Waals surface area contributed by atoms with Gasteiger partial charge in [-0.1, -0.05) is 18.2 Å². The fraction of sp³-hybridized carbons (Fsp3) is 0.167. The standard InChI is InChI=1S/C18H17ClFN3O3/c1-12(23-18(25)13-3-2-7-21-10-13)6-8-22-17(24)11-26-14-4-5-15(19)16(20)9-14/h2-5,7,9-10H,1,6,8,11H2,(H,22,24)(H,23,25). The summed E-state index contributed by atoms with van der Waals surface area (Å²) in [5.41, 5.74) is 0.876. The first kappa shape index (κ1) is 19.4. The van der Waals surface area contributed by atoms with E-state index in [1.165, 1.54) is 18.3 Å². The van der Waals surface area contributed by atoms with E-state index in [2.05, 4.69) is 22.2 Å². The lowest BCUT2D eigenvalue weighted by Gasteiger charge is -2.10. The van der Waals surface area contributed by atoms with Crippen molar-refractivity contribution in [3.05, 3.63) is 71.4 Å². The Labute approximate surface area is 155 Å². The van der Waals surface area contributed by atoms with Crippen molar-refractivity contribution in [3.8, 4) is 5.75 Å². The van der Waals surface area contributed by atoms with Crippen molar-refractivity contribution in [1.29, 1.82) is 0 Å². The zero-order valence-corrected chi connectivity index (χ0v) is 14.6. The third-order valence-electron chi connectivity index (χ3n) is 3.22. The van der Waals surface area contributed by atoms with Crippen molar-refractivity contribution < 1.29 is 18.7 Å². The molecule has 0 aliphatic rings. The van der Waals surface area contributed by atoms with Crippen LogP contribution in [0, 0.1) is 5.82 Å². The molecule has 136 valence electrons. The van der Waals surface area contributed by atoms with E-state index in [1.807, 2.05) is 0 Å². The molecule has 2 amide bonds. The maximum Gasteiger partial charge on any atom is 0.257 e. The molecule has 0 atom stereocenters. The van der Waals surface area contributed by atoms with Crippen LogP contribution in [0.15, 0.2) is 55.0 Å². The highest BCUT2D eigenvalue weighted by Crippen LogP contribution is 2.20. The number of benzene rings is 1. The van der Waals surface area contributed by atoms with Crippen molar-refractivity contribution in [1.82, 2.24) is 15.6 Å². The zero-order chi connectivity index (χ0) is 18.9. The van der Waals surface area contributed by atoms with Crippen molar-refractivity contribution in [2.45, 2.75) is 6.42 Å². The molecule has 0 unspecified atom stereocenters. The number of aromatic nitrogens is 1. The second-order valence-electron chi connectivity index (χ2n) is 5.26. The van der Waals surface area contributed by atoms with Crippen molar-refractivity contribution in [2.24, 2.45) is 0 Å². The molecule has 0 bridgehead atoms. The van der Waals surface area contributed by atoms with Gasteiger partial charge in [0, 0.05) is 37.1 Å². The molecule has 2 N–H and O–H groups in total. The summed E-state index contributed by atoms with van der Waals surface area (Å²) in [7, 11) is 0. The van der Waals surface area contributed by atoms with Gasteiger partial charge in [0.15, 0.2) is 6.61 Å². The summed E-state index contributed by atoms with van der Waals surface area (Å²) < 4.78 is 18.4. The van der Waals surface area contributed by atoms with Crippen LogP contribution in [0.5, 0.6) is 5.75 Å². The van der Waals surface area contributed by atoms with E-state index < -0.39 is 5.82 Å². The summed E-state index contributed by atoms with van der Waals surface area (Å²) in [5, 5.41) is 5.22. The maximum atomic E-state index is 13.3. The summed E-state index contributed by atoms with van der Waals surface area (Å²) in [6.07, 6.45) is 3.37. The van der Waals surface area contributed by atoms with Crippen LogP contribution in [0.1, 0.15) is 16.8 Å². The topological polar surface area (TPSA) is 80.3 Å². The number of nitrogens with one attached hydrogen (secondary N) is 2. The minimum absolute atomic E-state index is 0.0198. The molecule has 0 saturated heterocycles. The van der Waals surface area contributed by atoms with Gasteiger partial charge in [0.1, 0.15) is 11.6 Å². The molecular formula is C18H17ClFN3O3. The summed E-state index contributed by atoms with van der Waals surface area (Å²) in [6, 6.07) is 7.21. The average molecular weight is 378 g/mol. The summed E-state index contributed by atoms with van der Waals surface area (Å²) in [6.45, 7) is 3.74. The van der Waals surface area contributed by atoms with Gasteiger partial charge in [-0.25, -0.2) is 4.39 Å². The third kappa shape index (κ3) is 6.18. The molecule has 0 saturated carbocycles. The lowest BCUT2D eigenvalue weighted by atomic mass is 10.2. The van der Waals surface area contributed by atoms with E-state index in [9.17, 15) is 14.0 Å². The Morgan fingerprint density at radius 2 is 2.12 bits per heavy atom. The minimum atomic E-state index is -0.620. The number of rotatable bonds is 8. The Hall–Kier alpha value is -2.93. The van der Waals surface area contributed by atoms with Gasteiger partial charge in [-0.3, -0.25) is 14.6 Å². The molecule has 8 heteroatoms. The number of amides is 2. The number of ether oxygens (including phenoxy) is 1. The molecule has 26 heavy (non-hydrogen) atoms. The number of halogens is 2. The van der Waals surface area contributed by atoms with E-state index in [0.29, 0.717) is 17.7 Å². The van der Waals surface area contributed by atoms with Gasteiger partial charge >= 0.3 is 0 Å². The first-order valence-corrected chi connectivity index (χ1v) is 8.07. The van der Waals surface area contributed by atoms with Crippen LogP contribution in [-0.4, -0.2) is 29.9 Å². The van der Waals surface area contributed by atoms with Gasteiger partial charge < -0.3 is 15.4 Å². The molecule has 1 heterocycles. The Morgan fingerprint density at radius 1 is 1.31 bits per heavy atom. The molecule has 0 aliphatic heterocycles. The van der Waals surface area contributed by atoms with E-state index in [4.69, 9.17) is 16.3 Å². The molecule has 1 aromatic heterocycles. The van der Waals surface area contributed by atoms with Gasteiger partial charge in [-0.15, -0.1) is 0 Å². The van der Waals surface area contributed by atoms with Crippen molar-refractivity contribution >= 4 is 23.4 Å². The molecule has 0 spiro atoms. The molecule has 0 fully saturated rings. The van der Waals surface area contributed by atoms with Crippen LogP contribution in [-0.2, 0) is 4.79 Å². The number of carbonyl (C=O) groups excluding carboxylic acids is 2.